The lowest BCUT2D eigenvalue weighted by Gasteiger charge is -2.09. The molecule has 0 aliphatic rings. The van der Waals surface area contributed by atoms with Crippen LogP contribution in [0, 0.1) is 23.3 Å². The Kier molecular flexibility index (Phi) is 3.71. The lowest BCUT2D eigenvalue weighted by molar-refractivity contribution is 0.279. The molecule has 0 amide bonds. The Morgan fingerprint density at radius 3 is 2.05 bits per heavy atom. The van der Waals surface area contributed by atoms with Crippen LogP contribution in [0.5, 0.6) is 11.5 Å². The molecule has 19 heavy (non-hydrogen) atoms. The van der Waals surface area contributed by atoms with Crippen LogP contribution in [0.4, 0.5) is 17.6 Å². The summed E-state index contributed by atoms with van der Waals surface area (Å²) in [7, 11) is 0. The molecule has 0 aliphatic carbocycles. The van der Waals surface area contributed by atoms with Crippen LogP contribution in [0.2, 0.25) is 0 Å². The molecule has 0 saturated carbocycles. The highest BCUT2D eigenvalue weighted by Gasteiger charge is 2.15. The van der Waals surface area contributed by atoms with Gasteiger partial charge in [-0.1, -0.05) is 0 Å². The zero-order chi connectivity index (χ0) is 14.0. The van der Waals surface area contributed by atoms with Gasteiger partial charge in [0.25, 0.3) is 0 Å². The average molecular weight is 272 g/mol. The largest absolute Gasteiger partial charge is 0.448 e. The first-order valence-corrected chi connectivity index (χ1v) is 5.23. The van der Waals surface area contributed by atoms with Crippen LogP contribution in [-0.4, -0.2) is 5.11 Å². The van der Waals surface area contributed by atoms with Crippen LogP contribution in [0.1, 0.15) is 5.56 Å². The molecule has 0 unspecified atom stereocenters. The van der Waals surface area contributed by atoms with Gasteiger partial charge in [-0.2, -0.15) is 0 Å². The molecule has 0 saturated heterocycles. The predicted molar refractivity (Wildman–Crippen MR) is 58.7 cm³/mol. The molecular weight excluding hydrogens is 264 g/mol. The summed E-state index contributed by atoms with van der Waals surface area (Å²) in [5.74, 6) is -5.41. The number of ether oxygens (including phenoxy) is 1. The van der Waals surface area contributed by atoms with Crippen LogP contribution < -0.4 is 4.74 Å². The Morgan fingerprint density at radius 1 is 0.895 bits per heavy atom. The summed E-state index contributed by atoms with van der Waals surface area (Å²) in [6.45, 7) is -0.543. The van der Waals surface area contributed by atoms with E-state index in [9.17, 15) is 17.6 Å². The van der Waals surface area contributed by atoms with Crippen molar-refractivity contribution in [1.82, 2.24) is 0 Å². The Hall–Kier alpha value is -2.08. The highest BCUT2D eigenvalue weighted by molar-refractivity contribution is 5.36. The third kappa shape index (κ3) is 2.85. The number of rotatable bonds is 3. The molecule has 0 bridgehead atoms. The lowest BCUT2D eigenvalue weighted by Crippen LogP contribution is -1.97. The monoisotopic (exact) mass is 272 g/mol. The Bertz CT molecular complexity index is 591. The lowest BCUT2D eigenvalue weighted by atomic mass is 10.2. The van der Waals surface area contributed by atoms with Crippen molar-refractivity contribution in [2.24, 2.45) is 0 Å². The summed E-state index contributed by atoms with van der Waals surface area (Å²) in [6, 6.07) is 4.08. The third-order valence-electron chi connectivity index (χ3n) is 2.35. The van der Waals surface area contributed by atoms with E-state index in [2.05, 4.69) is 0 Å². The van der Waals surface area contributed by atoms with Crippen LogP contribution >= 0.6 is 0 Å². The van der Waals surface area contributed by atoms with E-state index in [1.165, 1.54) is 0 Å². The maximum absolute atomic E-state index is 13.5. The quantitative estimate of drug-likeness (QED) is 0.866. The van der Waals surface area contributed by atoms with Gasteiger partial charge in [-0.3, -0.25) is 0 Å². The van der Waals surface area contributed by atoms with Crippen LogP contribution in [0.3, 0.4) is 0 Å². The summed E-state index contributed by atoms with van der Waals surface area (Å²) < 4.78 is 57.8. The molecule has 2 rings (SSSR count). The van der Waals surface area contributed by atoms with Gasteiger partial charge in [-0.15, -0.1) is 0 Å². The summed E-state index contributed by atoms with van der Waals surface area (Å²) in [4.78, 5) is 0. The van der Waals surface area contributed by atoms with Gasteiger partial charge in [0.05, 0.1) is 6.61 Å². The van der Waals surface area contributed by atoms with Crippen molar-refractivity contribution >= 4 is 0 Å². The van der Waals surface area contributed by atoms with Crippen LogP contribution in [0.15, 0.2) is 30.3 Å². The Labute approximate surface area is 105 Å². The maximum atomic E-state index is 13.5. The van der Waals surface area contributed by atoms with Crippen molar-refractivity contribution in [2.75, 3.05) is 0 Å². The van der Waals surface area contributed by atoms with Gasteiger partial charge in [0.15, 0.2) is 29.0 Å². The number of hydrogen-bond acceptors (Lipinski definition) is 2. The minimum atomic E-state index is -1.09. The molecule has 0 aliphatic heterocycles. The van der Waals surface area contributed by atoms with Crippen molar-refractivity contribution in [2.45, 2.75) is 6.61 Å². The zero-order valence-corrected chi connectivity index (χ0v) is 9.46. The Morgan fingerprint density at radius 2 is 1.53 bits per heavy atom. The van der Waals surface area contributed by atoms with Gasteiger partial charge < -0.3 is 9.84 Å². The fourth-order valence-corrected chi connectivity index (χ4v) is 1.47. The van der Waals surface area contributed by atoms with Gasteiger partial charge in [0.1, 0.15) is 5.82 Å². The van der Waals surface area contributed by atoms with E-state index in [1.54, 1.807) is 0 Å². The van der Waals surface area contributed by atoms with E-state index >= 15 is 0 Å². The standard InChI is InChI=1S/C13H8F4O2/c14-8-1-2-12(9(15)5-8)19-13-10(16)3-7(6-18)4-11(13)17/h1-5,18H,6H2. The van der Waals surface area contributed by atoms with Crippen LogP contribution in [0.25, 0.3) is 0 Å². The number of halogens is 4. The van der Waals surface area contributed by atoms with E-state index < -0.39 is 41.4 Å². The van der Waals surface area contributed by atoms with Crippen molar-refractivity contribution in [3.8, 4) is 11.5 Å². The summed E-state index contributed by atoms with van der Waals surface area (Å²) in [5.41, 5.74) is 0.0157. The number of aliphatic hydroxyl groups excluding tert-OH is 1. The highest BCUT2D eigenvalue weighted by Crippen LogP contribution is 2.30. The molecule has 2 aromatic rings. The molecule has 6 heteroatoms. The fourth-order valence-electron chi connectivity index (χ4n) is 1.47. The number of benzene rings is 2. The van der Waals surface area contributed by atoms with Gasteiger partial charge in [-0.25, -0.2) is 17.6 Å². The van der Waals surface area contributed by atoms with Crippen molar-refractivity contribution in [3.05, 3.63) is 59.2 Å². The number of aliphatic hydroxyl groups is 1. The maximum Gasteiger partial charge on any atom is 0.198 e. The minimum Gasteiger partial charge on any atom is -0.448 e. The highest BCUT2D eigenvalue weighted by atomic mass is 19.1. The second kappa shape index (κ2) is 5.27. The van der Waals surface area contributed by atoms with E-state index in [0.29, 0.717) is 6.07 Å². The molecule has 0 fully saturated rings. The first-order valence-electron chi connectivity index (χ1n) is 5.23. The average Bonchev–Trinajstić information content (AvgIpc) is 2.35. The van der Waals surface area contributed by atoms with E-state index in [0.717, 1.165) is 24.3 Å². The van der Waals surface area contributed by atoms with Crippen molar-refractivity contribution < 1.29 is 27.4 Å². The topological polar surface area (TPSA) is 29.5 Å². The second-order valence-electron chi connectivity index (χ2n) is 3.72. The van der Waals surface area contributed by atoms with Gasteiger partial charge in [0, 0.05) is 6.07 Å². The first kappa shape index (κ1) is 13.4. The Balaban J connectivity index is 2.38. The first-order chi connectivity index (χ1) is 9.01. The summed E-state index contributed by atoms with van der Waals surface area (Å²) in [6.07, 6.45) is 0. The molecule has 0 spiro atoms. The zero-order valence-electron chi connectivity index (χ0n) is 9.46. The molecule has 1 N–H and O–H groups in total. The normalized spacial score (nSPS) is 10.6. The minimum absolute atomic E-state index is 0.0157. The molecular formula is C13H8F4O2. The number of hydrogen-bond donors (Lipinski definition) is 1. The third-order valence-corrected chi connectivity index (χ3v) is 2.35. The van der Waals surface area contributed by atoms with Gasteiger partial charge in [0.2, 0.25) is 0 Å². The molecule has 0 radical (unpaired) electrons. The smallest absolute Gasteiger partial charge is 0.198 e. The molecule has 2 nitrogen and oxygen atoms in total. The van der Waals surface area contributed by atoms with Gasteiger partial charge in [-0.05, 0) is 29.8 Å². The molecule has 2 aromatic carbocycles. The van der Waals surface area contributed by atoms with Crippen molar-refractivity contribution in [1.29, 1.82) is 0 Å². The van der Waals surface area contributed by atoms with Crippen LogP contribution in [-0.2, 0) is 6.61 Å². The van der Waals surface area contributed by atoms with Crippen molar-refractivity contribution in [3.63, 3.8) is 0 Å². The van der Waals surface area contributed by atoms with E-state index in [-0.39, 0.29) is 5.56 Å². The second-order valence-corrected chi connectivity index (χ2v) is 3.72. The SMILES string of the molecule is OCc1cc(F)c(Oc2ccc(F)cc2F)c(F)c1. The predicted octanol–water partition coefficient (Wildman–Crippen LogP) is 3.53. The fraction of sp³-hybridized carbons (Fsp3) is 0.0769. The van der Waals surface area contributed by atoms with E-state index in [4.69, 9.17) is 9.84 Å². The molecule has 0 heterocycles. The van der Waals surface area contributed by atoms with E-state index in [1.807, 2.05) is 0 Å². The summed E-state index contributed by atoms with van der Waals surface area (Å²) in [5, 5.41) is 8.77. The molecule has 100 valence electrons. The summed E-state index contributed by atoms with van der Waals surface area (Å²) >= 11 is 0. The molecule has 0 aromatic heterocycles. The van der Waals surface area contributed by atoms with Gasteiger partial charge >= 0.3 is 0 Å². The molecule has 0 atom stereocenters.